The first-order valence-electron chi connectivity index (χ1n) is 10.2. The highest BCUT2D eigenvalue weighted by atomic mass is 16.5. The number of carbonyl (C=O) groups is 1. The van der Waals surface area contributed by atoms with Crippen LogP contribution in [0.4, 0.5) is 0 Å². The molecule has 3 aromatic rings. The van der Waals surface area contributed by atoms with E-state index < -0.39 is 0 Å². The van der Waals surface area contributed by atoms with Gasteiger partial charge in [-0.25, -0.2) is 4.79 Å². The summed E-state index contributed by atoms with van der Waals surface area (Å²) >= 11 is 0. The van der Waals surface area contributed by atoms with Crippen molar-refractivity contribution in [3.05, 3.63) is 96.1 Å². The van der Waals surface area contributed by atoms with Crippen LogP contribution < -0.4 is 4.74 Å². The highest BCUT2D eigenvalue weighted by molar-refractivity contribution is 5.91. The lowest BCUT2D eigenvalue weighted by molar-refractivity contribution is 0.0735. The zero-order chi connectivity index (χ0) is 20.6. The smallest absolute Gasteiger partial charge is 0.343 e. The van der Waals surface area contributed by atoms with Gasteiger partial charge in [0.15, 0.2) is 0 Å². The van der Waals surface area contributed by atoms with Gasteiger partial charge in [0.05, 0.1) is 5.56 Å². The molecule has 0 amide bonds. The van der Waals surface area contributed by atoms with Crippen molar-refractivity contribution in [3.8, 4) is 16.9 Å². The van der Waals surface area contributed by atoms with Gasteiger partial charge in [-0.15, -0.1) is 0 Å². The van der Waals surface area contributed by atoms with Gasteiger partial charge in [0.1, 0.15) is 5.75 Å². The van der Waals surface area contributed by atoms with Crippen molar-refractivity contribution in [2.24, 2.45) is 0 Å². The summed E-state index contributed by atoms with van der Waals surface area (Å²) in [6.07, 6.45) is 4.89. The molecule has 0 saturated heterocycles. The number of ether oxygens (including phenoxy) is 1. The van der Waals surface area contributed by atoms with Crippen LogP contribution in [0.1, 0.15) is 54.6 Å². The minimum absolute atomic E-state index is 0.356. The Labute approximate surface area is 173 Å². The van der Waals surface area contributed by atoms with E-state index in [-0.39, 0.29) is 5.97 Å². The lowest BCUT2D eigenvalue weighted by Gasteiger charge is -2.08. The van der Waals surface area contributed by atoms with Gasteiger partial charge in [-0.2, -0.15) is 0 Å². The molecule has 0 unspecified atom stereocenters. The van der Waals surface area contributed by atoms with Gasteiger partial charge in [0.2, 0.25) is 0 Å². The number of aryl methyl sites for hydroxylation is 1. The molecule has 0 aromatic heterocycles. The van der Waals surface area contributed by atoms with Crippen LogP contribution in [0, 0.1) is 0 Å². The van der Waals surface area contributed by atoms with E-state index in [1.165, 1.54) is 24.8 Å². The number of allylic oxidation sites excluding steroid dienone is 1. The maximum absolute atomic E-state index is 12.4. The summed E-state index contributed by atoms with van der Waals surface area (Å²) in [5, 5.41) is 0. The molecule has 2 heteroatoms. The van der Waals surface area contributed by atoms with E-state index in [1.807, 2.05) is 43.3 Å². The van der Waals surface area contributed by atoms with Gasteiger partial charge in [-0.05, 0) is 66.3 Å². The summed E-state index contributed by atoms with van der Waals surface area (Å²) < 4.78 is 5.47. The van der Waals surface area contributed by atoms with Gasteiger partial charge in [-0.3, -0.25) is 0 Å². The molecular weight excluding hydrogens is 356 g/mol. The van der Waals surface area contributed by atoms with Crippen LogP contribution in [-0.4, -0.2) is 5.97 Å². The fraction of sp³-hybridized carbons (Fsp3) is 0.222. The molecular formula is C27H28O2. The molecule has 0 heterocycles. The molecule has 0 saturated carbocycles. The SMILES string of the molecule is C=C(C)c1ccc(OC(=O)c2ccc(-c3ccc(CCCCC)cc3)cc2)cc1. The molecule has 3 aromatic carbocycles. The highest BCUT2D eigenvalue weighted by Crippen LogP contribution is 2.22. The number of carbonyl (C=O) groups excluding carboxylic acids is 1. The van der Waals surface area contributed by atoms with Crippen LogP contribution in [0.2, 0.25) is 0 Å². The predicted molar refractivity (Wildman–Crippen MR) is 121 cm³/mol. The van der Waals surface area contributed by atoms with Gasteiger partial charge in [0.25, 0.3) is 0 Å². The monoisotopic (exact) mass is 384 g/mol. The Balaban J connectivity index is 1.63. The summed E-state index contributed by atoms with van der Waals surface area (Å²) in [5.74, 6) is 0.175. The van der Waals surface area contributed by atoms with Crippen molar-refractivity contribution in [2.75, 3.05) is 0 Å². The lowest BCUT2D eigenvalue weighted by atomic mass is 10.0. The molecule has 0 radical (unpaired) electrons. The Hall–Kier alpha value is -3.13. The summed E-state index contributed by atoms with van der Waals surface area (Å²) in [6.45, 7) is 8.08. The summed E-state index contributed by atoms with van der Waals surface area (Å²) in [7, 11) is 0. The third kappa shape index (κ3) is 5.68. The highest BCUT2D eigenvalue weighted by Gasteiger charge is 2.09. The summed E-state index contributed by atoms with van der Waals surface area (Å²) in [6, 6.07) is 23.6. The molecule has 0 aliphatic heterocycles. The number of benzene rings is 3. The average molecular weight is 385 g/mol. The van der Waals surface area contributed by atoms with E-state index in [0.29, 0.717) is 11.3 Å². The van der Waals surface area contributed by atoms with Gasteiger partial charge in [-0.1, -0.05) is 80.4 Å². The molecule has 0 N–H and O–H groups in total. The van der Waals surface area contributed by atoms with E-state index in [4.69, 9.17) is 4.74 Å². The Bertz CT molecular complexity index is 949. The first-order chi connectivity index (χ1) is 14.1. The maximum Gasteiger partial charge on any atom is 0.343 e. The first-order valence-corrected chi connectivity index (χ1v) is 10.2. The number of unbranched alkanes of at least 4 members (excludes halogenated alkanes) is 2. The number of rotatable bonds is 8. The van der Waals surface area contributed by atoms with Crippen molar-refractivity contribution in [2.45, 2.75) is 39.5 Å². The van der Waals surface area contributed by atoms with Crippen LogP contribution >= 0.6 is 0 Å². The van der Waals surface area contributed by atoms with Gasteiger partial charge in [0, 0.05) is 0 Å². The molecule has 0 fully saturated rings. The molecule has 3 rings (SSSR count). The van der Waals surface area contributed by atoms with E-state index in [2.05, 4.69) is 37.8 Å². The van der Waals surface area contributed by atoms with E-state index >= 15 is 0 Å². The fourth-order valence-corrected chi connectivity index (χ4v) is 3.22. The Morgan fingerprint density at radius 1 is 0.793 bits per heavy atom. The number of hydrogen-bond acceptors (Lipinski definition) is 2. The van der Waals surface area contributed by atoms with Gasteiger partial charge >= 0.3 is 5.97 Å². The molecule has 0 aliphatic rings. The largest absolute Gasteiger partial charge is 0.423 e. The van der Waals surface area contributed by atoms with E-state index in [1.54, 1.807) is 12.1 Å². The number of hydrogen-bond donors (Lipinski definition) is 0. The second kappa shape index (κ2) is 9.88. The quantitative estimate of drug-likeness (QED) is 0.231. The molecule has 29 heavy (non-hydrogen) atoms. The van der Waals surface area contributed by atoms with Crippen LogP contribution in [-0.2, 0) is 6.42 Å². The zero-order valence-corrected chi connectivity index (χ0v) is 17.3. The van der Waals surface area contributed by atoms with E-state index in [0.717, 1.165) is 28.7 Å². The fourth-order valence-electron chi connectivity index (χ4n) is 3.22. The second-order valence-electron chi connectivity index (χ2n) is 7.43. The Morgan fingerprint density at radius 3 is 1.90 bits per heavy atom. The zero-order valence-electron chi connectivity index (χ0n) is 17.3. The van der Waals surface area contributed by atoms with Crippen molar-refractivity contribution in [3.63, 3.8) is 0 Å². The molecule has 0 spiro atoms. The molecule has 0 atom stereocenters. The number of esters is 1. The Kier molecular flexibility index (Phi) is 7.02. The topological polar surface area (TPSA) is 26.3 Å². The van der Waals surface area contributed by atoms with Crippen LogP contribution in [0.25, 0.3) is 16.7 Å². The van der Waals surface area contributed by atoms with Crippen LogP contribution in [0.5, 0.6) is 5.75 Å². The van der Waals surface area contributed by atoms with Crippen LogP contribution in [0.15, 0.2) is 79.4 Å². The molecule has 0 aliphatic carbocycles. The first kappa shape index (κ1) is 20.6. The molecule has 148 valence electrons. The summed E-state index contributed by atoms with van der Waals surface area (Å²) in [5.41, 5.74) is 6.17. The van der Waals surface area contributed by atoms with Gasteiger partial charge < -0.3 is 4.74 Å². The van der Waals surface area contributed by atoms with Crippen LogP contribution in [0.3, 0.4) is 0 Å². The Morgan fingerprint density at radius 2 is 1.34 bits per heavy atom. The second-order valence-corrected chi connectivity index (χ2v) is 7.43. The predicted octanol–water partition coefficient (Wildman–Crippen LogP) is 7.34. The summed E-state index contributed by atoms with van der Waals surface area (Å²) in [4.78, 5) is 12.4. The minimum atomic E-state index is -0.356. The van der Waals surface area contributed by atoms with Crippen molar-refractivity contribution >= 4 is 11.5 Å². The maximum atomic E-state index is 12.4. The van der Waals surface area contributed by atoms with Crippen molar-refractivity contribution in [1.29, 1.82) is 0 Å². The minimum Gasteiger partial charge on any atom is -0.423 e. The average Bonchev–Trinajstić information content (AvgIpc) is 2.75. The molecule has 0 bridgehead atoms. The third-order valence-electron chi connectivity index (χ3n) is 5.03. The normalized spacial score (nSPS) is 10.6. The van der Waals surface area contributed by atoms with Crippen molar-refractivity contribution < 1.29 is 9.53 Å². The third-order valence-corrected chi connectivity index (χ3v) is 5.03. The standard InChI is InChI=1S/C27H28O2/c1-4-5-6-7-21-8-10-23(11-9-21)24-12-14-25(15-13-24)27(28)29-26-18-16-22(17-19-26)20(2)3/h8-19H,2,4-7H2,1,3H3. The lowest BCUT2D eigenvalue weighted by Crippen LogP contribution is -2.08. The van der Waals surface area contributed by atoms with E-state index in [9.17, 15) is 4.79 Å². The molecule has 2 nitrogen and oxygen atoms in total. The van der Waals surface area contributed by atoms with Crippen molar-refractivity contribution in [1.82, 2.24) is 0 Å².